The number of hydrogen-bond acceptors (Lipinski definition) is 4. The maximum absolute atomic E-state index is 11.6. The Labute approximate surface area is 104 Å². The molecule has 2 aromatic rings. The number of rotatable bonds is 3. The molecule has 0 atom stereocenters. The fraction of sp³-hybridized carbons (Fsp3) is 0.0833. The molecule has 92 valence electrons. The molecule has 2 amide bonds. The summed E-state index contributed by atoms with van der Waals surface area (Å²) in [6.07, 6.45) is 4.94. The predicted octanol–water partition coefficient (Wildman–Crippen LogP) is 1.38. The van der Waals surface area contributed by atoms with Crippen molar-refractivity contribution in [2.24, 2.45) is 0 Å². The molecule has 2 aromatic heterocycles. The van der Waals surface area contributed by atoms with Crippen molar-refractivity contribution >= 4 is 17.5 Å². The van der Waals surface area contributed by atoms with Crippen LogP contribution in [0.3, 0.4) is 0 Å². The number of aromatic nitrogens is 2. The van der Waals surface area contributed by atoms with Gasteiger partial charge in [-0.3, -0.25) is 4.98 Å². The Morgan fingerprint density at radius 2 is 2.11 bits per heavy atom. The zero-order chi connectivity index (χ0) is 12.8. The smallest absolute Gasteiger partial charge is 0.319 e. The van der Waals surface area contributed by atoms with Crippen molar-refractivity contribution in [3.05, 3.63) is 48.4 Å². The number of nitrogen functional groups attached to an aromatic ring is 1. The molecule has 2 heterocycles. The van der Waals surface area contributed by atoms with Gasteiger partial charge in [-0.1, -0.05) is 6.07 Å². The highest BCUT2D eigenvalue weighted by atomic mass is 16.2. The Hall–Kier alpha value is -2.63. The molecule has 0 unspecified atom stereocenters. The van der Waals surface area contributed by atoms with Crippen LogP contribution in [0.25, 0.3) is 0 Å². The van der Waals surface area contributed by atoms with Crippen LogP contribution in [0.2, 0.25) is 0 Å². The minimum absolute atomic E-state index is 0.286. The van der Waals surface area contributed by atoms with E-state index >= 15 is 0 Å². The van der Waals surface area contributed by atoms with Crippen molar-refractivity contribution in [3.63, 3.8) is 0 Å². The fourth-order valence-corrected chi connectivity index (χ4v) is 1.37. The number of carbonyl (C=O) groups is 1. The largest absolute Gasteiger partial charge is 0.382 e. The van der Waals surface area contributed by atoms with Gasteiger partial charge < -0.3 is 16.4 Å². The number of pyridine rings is 2. The normalized spacial score (nSPS) is 9.78. The zero-order valence-electron chi connectivity index (χ0n) is 9.63. The number of nitrogens with one attached hydrogen (secondary N) is 2. The molecule has 0 aliphatic heterocycles. The third-order valence-corrected chi connectivity index (χ3v) is 2.26. The Kier molecular flexibility index (Phi) is 3.70. The van der Waals surface area contributed by atoms with Crippen molar-refractivity contribution in [2.75, 3.05) is 11.1 Å². The van der Waals surface area contributed by atoms with Gasteiger partial charge in [-0.05, 0) is 23.8 Å². The summed E-state index contributed by atoms with van der Waals surface area (Å²) in [4.78, 5) is 19.4. The second kappa shape index (κ2) is 5.62. The summed E-state index contributed by atoms with van der Waals surface area (Å²) in [5.74, 6) is 0.286. The van der Waals surface area contributed by atoms with Crippen LogP contribution in [-0.4, -0.2) is 16.0 Å². The lowest BCUT2D eigenvalue weighted by Crippen LogP contribution is -2.28. The minimum atomic E-state index is -0.335. The Morgan fingerprint density at radius 1 is 1.28 bits per heavy atom. The Morgan fingerprint density at radius 3 is 2.83 bits per heavy atom. The molecule has 18 heavy (non-hydrogen) atoms. The van der Waals surface area contributed by atoms with E-state index in [0.29, 0.717) is 12.2 Å². The van der Waals surface area contributed by atoms with Crippen LogP contribution in [0.1, 0.15) is 5.56 Å². The first-order valence-corrected chi connectivity index (χ1v) is 5.40. The van der Waals surface area contributed by atoms with E-state index in [-0.39, 0.29) is 11.8 Å². The molecule has 0 radical (unpaired) electrons. The third kappa shape index (κ3) is 3.18. The van der Waals surface area contributed by atoms with E-state index in [9.17, 15) is 4.79 Å². The third-order valence-electron chi connectivity index (χ3n) is 2.26. The molecule has 0 saturated heterocycles. The SMILES string of the molecule is Nc1ncccc1NC(=O)NCc1cccnc1. The van der Waals surface area contributed by atoms with Crippen molar-refractivity contribution in [1.82, 2.24) is 15.3 Å². The molecule has 6 heteroatoms. The number of amides is 2. The topological polar surface area (TPSA) is 92.9 Å². The standard InChI is InChI=1S/C12H13N5O/c13-11-10(4-2-6-15-11)17-12(18)16-8-9-3-1-5-14-7-9/h1-7H,8H2,(H2,13,15)(H2,16,17,18). The quantitative estimate of drug-likeness (QED) is 0.759. The lowest BCUT2D eigenvalue weighted by Gasteiger charge is -2.08. The van der Waals surface area contributed by atoms with E-state index in [1.165, 1.54) is 0 Å². The number of nitrogens with two attached hydrogens (primary N) is 1. The summed E-state index contributed by atoms with van der Waals surface area (Å²) in [5.41, 5.74) is 7.02. The fourth-order valence-electron chi connectivity index (χ4n) is 1.37. The number of nitrogens with zero attached hydrogens (tertiary/aromatic N) is 2. The summed E-state index contributed by atoms with van der Waals surface area (Å²) in [6, 6.07) is 6.75. The molecule has 0 spiro atoms. The van der Waals surface area contributed by atoms with Crippen molar-refractivity contribution in [3.8, 4) is 0 Å². The molecule has 4 N–H and O–H groups in total. The summed E-state index contributed by atoms with van der Waals surface area (Å²) >= 11 is 0. The van der Waals surface area contributed by atoms with Gasteiger partial charge in [0.1, 0.15) is 5.82 Å². The van der Waals surface area contributed by atoms with Gasteiger partial charge in [0.2, 0.25) is 0 Å². The van der Waals surface area contributed by atoms with Gasteiger partial charge in [0.25, 0.3) is 0 Å². The summed E-state index contributed by atoms with van der Waals surface area (Å²) in [5, 5.41) is 5.32. The van der Waals surface area contributed by atoms with Gasteiger partial charge in [-0.15, -0.1) is 0 Å². The van der Waals surface area contributed by atoms with E-state index < -0.39 is 0 Å². The van der Waals surface area contributed by atoms with Crippen molar-refractivity contribution in [2.45, 2.75) is 6.54 Å². The molecule has 0 aliphatic carbocycles. The summed E-state index contributed by atoms with van der Waals surface area (Å²) in [7, 11) is 0. The number of carbonyl (C=O) groups excluding carboxylic acids is 1. The van der Waals surface area contributed by atoms with E-state index in [1.54, 1.807) is 30.7 Å². The monoisotopic (exact) mass is 243 g/mol. The predicted molar refractivity (Wildman–Crippen MR) is 68.7 cm³/mol. The van der Waals surface area contributed by atoms with Crippen LogP contribution in [0.4, 0.5) is 16.3 Å². The van der Waals surface area contributed by atoms with Gasteiger partial charge in [0, 0.05) is 25.1 Å². The maximum atomic E-state index is 11.6. The maximum Gasteiger partial charge on any atom is 0.319 e. The zero-order valence-corrected chi connectivity index (χ0v) is 9.63. The first kappa shape index (κ1) is 11.8. The lowest BCUT2D eigenvalue weighted by molar-refractivity contribution is 0.251. The van der Waals surface area contributed by atoms with E-state index in [1.807, 2.05) is 12.1 Å². The molecule has 0 aromatic carbocycles. The van der Waals surface area contributed by atoms with Gasteiger partial charge >= 0.3 is 6.03 Å². The van der Waals surface area contributed by atoms with Crippen LogP contribution in [-0.2, 0) is 6.54 Å². The van der Waals surface area contributed by atoms with E-state index in [4.69, 9.17) is 5.73 Å². The molecular formula is C12H13N5O. The molecule has 6 nitrogen and oxygen atoms in total. The molecular weight excluding hydrogens is 230 g/mol. The lowest BCUT2D eigenvalue weighted by atomic mass is 10.3. The summed E-state index contributed by atoms with van der Waals surface area (Å²) in [6.45, 7) is 0.403. The van der Waals surface area contributed by atoms with E-state index in [0.717, 1.165) is 5.56 Å². The highest BCUT2D eigenvalue weighted by molar-refractivity contribution is 5.91. The average Bonchev–Trinajstić information content (AvgIpc) is 2.40. The Bertz CT molecular complexity index is 529. The van der Waals surface area contributed by atoms with Crippen LogP contribution >= 0.6 is 0 Å². The number of urea groups is 1. The molecule has 0 aliphatic rings. The number of hydrogen-bond donors (Lipinski definition) is 3. The van der Waals surface area contributed by atoms with Gasteiger partial charge in [-0.25, -0.2) is 9.78 Å². The molecule has 0 saturated carbocycles. The second-order valence-corrected chi connectivity index (χ2v) is 3.61. The average molecular weight is 243 g/mol. The second-order valence-electron chi connectivity index (χ2n) is 3.61. The van der Waals surface area contributed by atoms with Crippen LogP contribution < -0.4 is 16.4 Å². The van der Waals surface area contributed by atoms with Crippen LogP contribution in [0, 0.1) is 0 Å². The first-order chi connectivity index (χ1) is 8.75. The van der Waals surface area contributed by atoms with Crippen LogP contribution in [0.5, 0.6) is 0 Å². The summed E-state index contributed by atoms with van der Waals surface area (Å²) < 4.78 is 0. The Balaban J connectivity index is 1.88. The van der Waals surface area contributed by atoms with E-state index in [2.05, 4.69) is 20.6 Å². The molecule has 0 fully saturated rings. The van der Waals surface area contributed by atoms with Gasteiger partial charge in [0.05, 0.1) is 5.69 Å². The van der Waals surface area contributed by atoms with Crippen molar-refractivity contribution in [1.29, 1.82) is 0 Å². The van der Waals surface area contributed by atoms with Gasteiger partial charge in [0.15, 0.2) is 0 Å². The highest BCUT2D eigenvalue weighted by Crippen LogP contribution is 2.12. The molecule has 2 rings (SSSR count). The molecule has 0 bridgehead atoms. The van der Waals surface area contributed by atoms with Crippen molar-refractivity contribution < 1.29 is 4.79 Å². The van der Waals surface area contributed by atoms with Crippen LogP contribution in [0.15, 0.2) is 42.9 Å². The first-order valence-electron chi connectivity index (χ1n) is 5.40. The highest BCUT2D eigenvalue weighted by Gasteiger charge is 2.04. The number of anilines is 2. The van der Waals surface area contributed by atoms with Gasteiger partial charge in [-0.2, -0.15) is 0 Å². The minimum Gasteiger partial charge on any atom is -0.382 e.